The molecule has 2 N–H and O–H groups in total. The van der Waals surface area contributed by atoms with Crippen LogP contribution in [-0.4, -0.2) is 23.0 Å². The third kappa shape index (κ3) is 4.14. The Hall–Kier alpha value is -2.44. The van der Waals surface area contributed by atoms with Crippen LogP contribution in [0.2, 0.25) is 0 Å². The highest BCUT2D eigenvalue weighted by atomic mass is 79.9. The number of thiophene rings is 1. The van der Waals surface area contributed by atoms with E-state index in [1.54, 1.807) is 11.3 Å². The van der Waals surface area contributed by atoms with Crippen LogP contribution < -0.4 is 5.32 Å². The number of carboxylic acid groups (broad SMARTS) is 1. The second-order valence-electron chi connectivity index (χ2n) is 9.16. The van der Waals surface area contributed by atoms with Crippen molar-refractivity contribution in [3.05, 3.63) is 80.5 Å². The number of hydrogen-bond acceptors (Lipinski definition) is 3. The number of carbonyl (C=O) groups excluding carboxylic acids is 1. The fraction of sp³-hybridized carbons (Fsp3) is 0.308. The SMILES string of the molecule is O=C(NC1CC2(C1)CC(C(=O)O)C2)c1csc(Br)c1Cc1ccc(-c2ccccc2)cc1. The molecule has 2 aromatic carbocycles. The number of nitrogens with one attached hydrogen (secondary N) is 1. The summed E-state index contributed by atoms with van der Waals surface area (Å²) in [6, 6.07) is 18.9. The van der Waals surface area contributed by atoms with Crippen molar-refractivity contribution in [2.45, 2.75) is 38.1 Å². The van der Waals surface area contributed by atoms with Crippen molar-refractivity contribution in [1.82, 2.24) is 5.32 Å². The van der Waals surface area contributed by atoms with E-state index < -0.39 is 5.97 Å². The summed E-state index contributed by atoms with van der Waals surface area (Å²) < 4.78 is 0.989. The van der Waals surface area contributed by atoms with Crippen molar-refractivity contribution in [3.8, 4) is 11.1 Å². The van der Waals surface area contributed by atoms with Gasteiger partial charge in [0.15, 0.2) is 0 Å². The molecule has 0 bridgehead atoms. The molecule has 1 aromatic heterocycles. The number of aliphatic carboxylic acids is 1. The molecule has 1 spiro atoms. The van der Waals surface area contributed by atoms with E-state index >= 15 is 0 Å². The van der Waals surface area contributed by atoms with Crippen LogP contribution >= 0.6 is 27.3 Å². The average molecular weight is 510 g/mol. The van der Waals surface area contributed by atoms with Gasteiger partial charge in [-0.1, -0.05) is 54.6 Å². The standard InChI is InChI=1S/C26H24BrNO3S/c27-23-21(10-16-6-8-18(9-7-16)17-4-2-1-3-5-17)22(15-32-23)24(29)28-20-13-26(14-20)11-19(12-26)25(30)31/h1-9,15,19-20H,10-14H2,(H,28,29)(H,30,31). The van der Waals surface area contributed by atoms with E-state index in [0.29, 0.717) is 6.42 Å². The highest BCUT2D eigenvalue weighted by Gasteiger charge is 2.55. The van der Waals surface area contributed by atoms with E-state index in [4.69, 9.17) is 5.11 Å². The van der Waals surface area contributed by atoms with Gasteiger partial charge in [0.05, 0.1) is 15.3 Å². The van der Waals surface area contributed by atoms with Crippen LogP contribution in [0.15, 0.2) is 63.8 Å². The first-order chi connectivity index (χ1) is 15.4. The minimum absolute atomic E-state index is 0.0307. The van der Waals surface area contributed by atoms with Crippen LogP contribution in [-0.2, 0) is 11.2 Å². The van der Waals surface area contributed by atoms with Crippen molar-refractivity contribution in [3.63, 3.8) is 0 Å². The van der Waals surface area contributed by atoms with Crippen LogP contribution in [0.1, 0.15) is 47.2 Å². The van der Waals surface area contributed by atoms with Gasteiger partial charge < -0.3 is 10.4 Å². The van der Waals surface area contributed by atoms with Crippen molar-refractivity contribution in [2.75, 3.05) is 0 Å². The highest BCUT2D eigenvalue weighted by Crippen LogP contribution is 2.58. The Morgan fingerprint density at radius 3 is 2.31 bits per heavy atom. The molecule has 0 unspecified atom stereocenters. The number of rotatable bonds is 6. The Kier molecular flexibility index (Phi) is 5.68. The van der Waals surface area contributed by atoms with Gasteiger partial charge in [-0.05, 0) is 69.3 Å². The van der Waals surface area contributed by atoms with Crippen LogP contribution in [0.25, 0.3) is 11.1 Å². The Labute approximate surface area is 199 Å². The molecule has 32 heavy (non-hydrogen) atoms. The van der Waals surface area contributed by atoms with E-state index in [1.165, 1.54) is 11.1 Å². The molecule has 2 saturated carbocycles. The maximum Gasteiger partial charge on any atom is 0.306 e. The molecule has 1 heterocycles. The molecule has 2 aliphatic rings. The second kappa shape index (κ2) is 8.49. The van der Waals surface area contributed by atoms with Crippen molar-refractivity contribution < 1.29 is 14.7 Å². The van der Waals surface area contributed by atoms with Crippen molar-refractivity contribution in [2.24, 2.45) is 11.3 Å². The molecule has 3 aromatic rings. The Bertz CT molecular complexity index is 1140. The predicted octanol–water partition coefficient (Wildman–Crippen LogP) is 6.14. The first-order valence-electron chi connectivity index (χ1n) is 10.9. The zero-order chi connectivity index (χ0) is 22.3. The number of carboxylic acids is 1. The van der Waals surface area contributed by atoms with E-state index in [2.05, 4.69) is 57.6 Å². The monoisotopic (exact) mass is 509 g/mol. The first-order valence-corrected chi connectivity index (χ1v) is 12.5. The predicted molar refractivity (Wildman–Crippen MR) is 130 cm³/mol. The fourth-order valence-electron chi connectivity index (χ4n) is 5.21. The van der Waals surface area contributed by atoms with Crippen LogP contribution in [0, 0.1) is 11.3 Å². The summed E-state index contributed by atoms with van der Waals surface area (Å²) in [6.07, 6.45) is 3.98. The van der Waals surface area contributed by atoms with Crippen molar-refractivity contribution >= 4 is 39.1 Å². The maximum absolute atomic E-state index is 13.0. The largest absolute Gasteiger partial charge is 0.481 e. The third-order valence-electron chi connectivity index (χ3n) is 6.93. The summed E-state index contributed by atoms with van der Waals surface area (Å²) in [6.45, 7) is 0. The molecule has 164 valence electrons. The molecule has 1 amide bonds. The maximum atomic E-state index is 13.0. The molecule has 6 heteroatoms. The minimum atomic E-state index is -0.687. The van der Waals surface area contributed by atoms with E-state index in [0.717, 1.165) is 46.2 Å². The van der Waals surface area contributed by atoms with Gasteiger partial charge in [0.25, 0.3) is 5.91 Å². The smallest absolute Gasteiger partial charge is 0.306 e. The van der Waals surface area contributed by atoms with Crippen LogP contribution in [0.3, 0.4) is 0 Å². The number of hydrogen-bond donors (Lipinski definition) is 2. The Morgan fingerprint density at radius 1 is 1.00 bits per heavy atom. The third-order valence-corrected chi connectivity index (χ3v) is 8.78. The first kappa shape index (κ1) is 21.4. The van der Waals surface area contributed by atoms with Gasteiger partial charge in [-0.2, -0.15) is 0 Å². The van der Waals surface area contributed by atoms with Gasteiger partial charge in [-0.15, -0.1) is 11.3 Å². The van der Waals surface area contributed by atoms with Gasteiger partial charge in [0, 0.05) is 17.8 Å². The highest BCUT2D eigenvalue weighted by molar-refractivity contribution is 9.11. The van der Waals surface area contributed by atoms with Crippen LogP contribution in [0.4, 0.5) is 0 Å². The molecule has 5 rings (SSSR count). The molecule has 0 radical (unpaired) electrons. The summed E-state index contributed by atoms with van der Waals surface area (Å²) in [5.74, 6) is -0.913. The zero-order valence-electron chi connectivity index (χ0n) is 17.5. The number of amides is 1. The summed E-state index contributed by atoms with van der Waals surface area (Å²) in [5, 5.41) is 14.2. The number of benzene rings is 2. The van der Waals surface area contributed by atoms with Crippen LogP contribution in [0.5, 0.6) is 0 Å². The lowest BCUT2D eigenvalue weighted by atomic mass is 9.50. The van der Waals surface area contributed by atoms with Gasteiger partial charge in [0.1, 0.15) is 0 Å². The van der Waals surface area contributed by atoms with Gasteiger partial charge in [-0.3, -0.25) is 9.59 Å². The zero-order valence-corrected chi connectivity index (χ0v) is 19.9. The van der Waals surface area contributed by atoms with Gasteiger partial charge in [0.2, 0.25) is 0 Å². The summed E-state index contributed by atoms with van der Waals surface area (Å²) in [4.78, 5) is 24.0. The molecule has 0 saturated heterocycles. The summed E-state index contributed by atoms with van der Waals surface area (Å²) in [5.41, 5.74) is 5.43. The van der Waals surface area contributed by atoms with Crippen molar-refractivity contribution in [1.29, 1.82) is 0 Å². The summed E-state index contributed by atoms with van der Waals surface area (Å²) in [7, 11) is 0. The molecular formula is C26H24BrNO3S. The quantitative estimate of drug-likeness (QED) is 0.419. The molecule has 4 nitrogen and oxygen atoms in total. The summed E-state index contributed by atoms with van der Waals surface area (Å²) >= 11 is 5.17. The van der Waals surface area contributed by atoms with E-state index in [9.17, 15) is 9.59 Å². The lowest BCUT2D eigenvalue weighted by molar-refractivity contribution is -0.155. The van der Waals surface area contributed by atoms with E-state index in [-0.39, 0.29) is 23.3 Å². The molecule has 0 aliphatic heterocycles. The number of carbonyl (C=O) groups is 2. The van der Waals surface area contributed by atoms with Gasteiger partial charge in [-0.25, -0.2) is 0 Å². The molecule has 0 atom stereocenters. The lowest BCUT2D eigenvalue weighted by Gasteiger charge is -2.56. The molecule has 2 fully saturated rings. The topological polar surface area (TPSA) is 66.4 Å². The molecular weight excluding hydrogens is 486 g/mol. The normalized spacial score (nSPS) is 23.9. The van der Waals surface area contributed by atoms with Gasteiger partial charge >= 0.3 is 5.97 Å². The second-order valence-corrected chi connectivity index (χ2v) is 11.4. The van der Waals surface area contributed by atoms with E-state index in [1.807, 2.05) is 23.6 Å². The molecule has 2 aliphatic carbocycles. The number of halogens is 1. The minimum Gasteiger partial charge on any atom is -0.481 e. The Morgan fingerprint density at radius 2 is 1.66 bits per heavy atom. The average Bonchev–Trinajstić information content (AvgIpc) is 3.10. The fourth-order valence-corrected chi connectivity index (χ4v) is 6.64. The lowest BCUT2D eigenvalue weighted by Crippen LogP contribution is -2.57. The Balaban J connectivity index is 1.22.